The summed E-state index contributed by atoms with van der Waals surface area (Å²) < 4.78 is 0. The zero-order valence-corrected chi connectivity index (χ0v) is 14.2. The van der Waals surface area contributed by atoms with E-state index >= 15 is 0 Å². The van der Waals surface area contributed by atoms with Crippen molar-refractivity contribution >= 4 is 29.1 Å². The highest BCUT2D eigenvalue weighted by Gasteiger charge is 2.13. The van der Waals surface area contributed by atoms with Crippen molar-refractivity contribution in [1.29, 1.82) is 0 Å². The minimum Gasteiger partial charge on any atom is -0.356 e. The van der Waals surface area contributed by atoms with Crippen LogP contribution in [-0.2, 0) is 14.4 Å². The van der Waals surface area contributed by atoms with Crippen molar-refractivity contribution in [2.45, 2.75) is 34.1 Å². The van der Waals surface area contributed by atoms with Crippen molar-refractivity contribution in [2.75, 3.05) is 23.3 Å². The van der Waals surface area contributed by atoms with Crippen LogP contribution < -0.4 is 15.5 Å². The fourth-order valence-electron chi connectivity index (χ4n) is 2.02. The van der Waals surface area contributed by atoms with Crippen molar-refractivity contribution < 1.29 is 14.4 Å². The fourth-order valence-corrected chi connectivity index (χ4v) is 2.02. The number of anilines is 2. The Hall–Kier alpha value is -2.37. The monoisotopic (exact) mass is 319 g/mol. The maximum atomic E-state index is 11.8. The first kappa shape index (κ1) is 18.7. The van der Waals surface area contributed by atoms with Crippen molar-refractivity contribution in [1.82, 2.24) is 5.32 Å². The van der Waals surface area contributed by atoms with E-state index < -0.39 is 0 Å². The number of rotatable bonds is 7. The highest BCUT2D eigenvalue weighted by atomic mass is 16.2. The van der Waals surface area contributed by atoms with E-state index in [1.807, 2.05) is 13.8 Å². The van der Waals surface area contributed by atoms with Crippen LogP contribution in [0.2, 0.25) is 0 Å². The summed E-state index contributed by atoms with van der Waals surface area (Å²) >= 11 is 0. The Morgan fingerprint density at radius 3 is 2.17 bits per heavy atom. The normalized spacial score (nSPS) is 10.3. The molecule has 0 spiro atoms. The lowest BCUT2D eigenvalue weighted by Crippen LogP contribution is -2.34. The van der Waals surface area contributed by atoms with Crippen LogP contribution in [0.3, 0.4) is 0 Å². The molecule has 0 aliphatic heterocycles. The van der Waals surface area contributed by atoms with Gasteiger partial charge in [-0.1, -0.05) is 13.8 Å². The third-order valence-electron chi connectivity index (χ3n) is 3.15. The summed E-state index contributed by atoms with van der Waals surface area (Å²) in [5, 5.41) is 5.51. The summed E-state index contributed by atoms with van der Waals surface area (Å²) in [6, 6.07) is 6.95. The molecule has 1 rings (SSSR count). The lowest BCUT2D eigenvalue weighted by Gasteiger charge is -2.21. The second-order valence-corrected chi connectivity index (χ2v) is 5.85. The Labute approximate surface area is 137 Å². The van der Waals surface area contributed by atoms with Crippen LogP contribution in [0.1, 0.15) is 34.1 Å². The Morgan fingerprint density at radius 1 is 1.09 bits per heavy atom. The zero-order valence-electron chi connectivity index (χ0n) is 14.2. The van der Waals surface area contributed by atoms with Gasteiger partial charge in [-0.2, -0.15) is 0 Å². The highest BCUT2D eigenvalue weighted by Crippen LogP contribution is 2.18. The molecule has 0 saturated carbocycles. The minimum atomic E-state index is -0.150. The maximum Gasteiger partial charge on any atom is 0.223 e. The first-order valence-corrected chi connectivity index (χ1v) is 7.72. The molecular weight excluding hydrogens is 294 g/mol. The highest BCUT2D eigenvalue weighted by molar-refractivity contribution is 5.93. The molecule has 2 N–H and O–H groups in total. The molecule has 3 amide bonds. The molecule has 0 aliphatic rings. The van der Waals surface area contributed by atoms with Gasteiger partial charge in [-0.25, -0.2) is 0 Å². The van der Waals surface area contributed by atoms with Crippen LogP contribution in [0.25, 0.3) is 0 Å². The van der Waals surface area contributed by atoms with Gasteiger partial charge in [0, 0.05) is 44.7 Å². The molecule has 0 heterocycles. The zero-order chi connectivity index (χ0) is 17.4. The van der Waals surface area contributed by atoms with E-state index in [-0.39, 0.29) is 24.1 Å². The Bertz CT molecular complexity index is 553. The van der Waals surface area contributed by atoms with Crippen molar-refractivity contribution in [3.63, 3.8) is 0 Å². The third-order valence-corrected chi connectivity index (χ3v) is 3.15. The molecule has 0 atom stereocenters. The molecule has 1 aromatic carbocycles. The summed E-state index contributed by atoms with van der Waals surface area (Å²) in [5.41, 5.74) is 1.36. The predicted molar refractivity (Wildman–Crippen MR) is 91.2 cm³/mol. The molecule has 6 heteroatoms. The maximum absolute atomic E-state index is 11.8. The molecule has 23 heavy (non-hydrogen) atoms. The fraction of sp³-hybridized carbons (Fsp3) is 0.471. The second-order valence-electron chi connectivity index (χ2n) is 5.85. The van der Waals surface area contributed by atoms with E-state index in [1.165, 1.54) is 13.8 Å². The number of hydrogen-bond donors (Lipinski definition) is 2. The largest absolute Gasteiger partial charge is 0.356 e. The van der Waals surface area contributed by atoms with E-state index in [1.54, 1.807) is 29.2 Å². The quantitative estimate of drug-likeness (QED) is 0.808. The molecule has 0 bridgehead atoms. The Kier molecular flexibility index (Phi) is 7.25. The van der Waals surface area contributed by atoms with Crippen LogP contribution in [-0.4, -0.2) is 30.8 Å². The number of benzene rings is 1. The number of hydrogen-bond acceptors (Lipinski definition) is 3. The predicted octanol–water partition coefficient (Wildman–Crippen LogP) is 2.16. The molecule has 0 radical (unpaired) electrons. The average molecular weight is 319 g/mol. The van der Waals surface area contributed by atoms with E-state index in [0.717, 1.165) is 0 Å². The number of amides is 3. The summed E-state index contributed by atoms with van der Waals surface area (Å²) in [6.45, 7) is 7.90. The van der Waals surface area contributed by atoms with Gasteiger partial charge in [0.2, 0.25) is 17.7 Å². The van der Waals surface area contributed by atoms with Gasteiger partial charge < -0.3 is 15.5 Å². The van der Waals surface area contributed by atoms with Crippen molar-refractivity contribution in [2.24, 2.45) is 5.92 Å². The number of nitrogens with zero attached hydrogens (tertiary/aromatic N) is 1. The van der Waals surface area contributed by atoms with Crippen molar-refractivity contribution in [3.05, 3.63) is 24.3 Å². The van der Waals surface area contributed by atoms with Gasteiger partial charge >= 0.3 is 0 Å². The van der Waals surface area contributed by atoms with Crippen LogP contribution in [0.5, 0.6) is 0 Å². The molecule has 0 saturated heterocycles. The molecule has 0 unspecified atom stereocenters. The summed E-state index contributed by atoms with van der Waals surface area (Å²) in [5.74, 6) is 0.0425. The van der Waals surface area contributed by atoms with Crippen LogP contribution in [0.4, 0.5) is 11.4 Å². The number of carbonyl (C=O) groups is 3. The summed E-state index contributed by atoms with van der Waals surface area (Å²) in [7, 11) is 0. The van der Waals surface area contributed by atoms with Gasteiger partial charge in [0.15, 0.2) is 0 Å². The molecule has 0 fully saturated rings. The summed E-state index contributed by atoms with van der Waals surface area (Å²) in [4.78, 5) is 36.1. The minimum absolute atomic E-state index is 0.0696. The smallest absolute Gasteiger partial charge is 0.223 e. The first-order chi connectivity index (χ1) is 10.8. The summed E-state index contributed by atoms with van der Waals surface area (Å²) in [6.07, 6.45) is 0.250. The average Bonchev–Trinajstić information content (AvgIpc) is 2.46. The molecule has 0 aromatic heterocycles. The number of carbonyl (C=O) groups excluding carboxylic acids is 3. The Morgan fingerprint density at radius 2 is 1.70 bits per heavy atom. The van der Waals surface area contributed by atoms with Crippen LogP contribution in [0.15, 0.2) is 24.3 Å². The third kappa shape index (κ3) is 6.95. The first-order valence-electron chi connectivity index (χ1n) is 7.72. The Balaban J connectivity index is 2.66. The van der Waals surface area contributed by atoms with E-state index in [9.17, 15) is 14.4 Å². The van der Waals surface area contributed by atoms with Gasteiger partial charge in [-0.15, -0.1) is 0 Å². The van der Waals surface area contributed by atoms with E-state index in [2.05, 4.69) is 10.6 Å². The lowest BCUT2D eigenvalue weighted by atomic mass is 10.2. The topological polar surface area (TPSA) is 78.5 Å². The number of nitrogens with one attached hydrogen (secondary N) is 2. The molecule has 0 aliphatic carbocycles. The van der Waals surface area contributed by atoms with E-state index in [4.69, 9.17) is 0 Å². The second kappa shape index (κ2) is 8.92. The van der Waals surface area contributed by atoms with Gasteiger partial charge in [-0.3, -0.25) is 14.4 Å². The van der Waals surface area contributed by atoms with Crippen molar-refractivity contribution in [3.8, 4) is 0 Å². The lowest BCUT2D eigenvalue weighted by molar-refractivity contribution is -0.121. The molecule has 126 valence electrons. The van der Waals surface area contributed by atoms with Crippen LogP contribution >= 0.6 is 0 Å². The van der Waals surface area contributed by atoms with Gasteiger partial charge in [0.1, 0.15) is 0 Å². The molecule has 1 aromatic rings. The van der Waals surface area contributed by atoms with Gasteiger partial charge in [0.25, 0.3) is 0 Å². The van der Waals surface area contributed by atoms with Gasteiger partial charge in [-0.05, 0) is 30.2 Å². The SMILES string of the molecule is CC(=O)Nc1ccc(N(CCC(=O)NCC(C)C)C(C)=O)cc1. The molecular formula is C17H25N3O3. The van der Waals surface area contributed by atoms with Gasteiger partial charge in [0.05, 0.1) is 0 Å². The standard InChI is InChI=1S/C17H25N3O3/c1-12(2)11-18-17(23)9-10-20(14(4)22)16-7-5-15(6-8-16)19-13(3)21/h5-8,12H,9-11H2,1-4H3,(H,18,23)(H,19,21). The van der Waals surface area contributed by atoms with E-state index in [0.29, 0.717) is 30.4 Å². The van der Waals surface area contributed by atoms with Crippen LogP contribution in [0, 0.1) is 5.92 Å². The molecule has 6 nitrogen and oxygen atoms in total.